The molecule has 0 aliphatic heterocycles. The monoisotopic (exact) mass is 939 g/mol. The third-order valence-corrected chi connectivity index (χ3v) is 12.9. The van der Waals surface area contributed by atoms with Gasteiger partial charge in [-0.1, -0.05) is 57.2 Å². The number of nitrogens with zero attached hydrogens (tertiary/aromatic N) is 5. The first-order valence-corrected chi connectivity index (χ1v) is 20.8. The SMILES string of the molecule is [2H]C([2H])([2H])n1[c](=[Pt])n(-c2cc(Oc3ccc4c5cc6c7cccc8c9ccccc9n(c6cc5n(-c5cc(C(C)(C)C)ccn5)c4c3)c87)cc(C(C)(C)C)c2)c2ccccc21. The minimum atomic E-state index is -2.36. The molecule has 6 aromatic carbocycles. The molecular formula is C51H43N5OPt. The Balaban J connectivity index is 1.15. The van der Waals surface area contributed by atoms with Gasteiger partial charge in [-0.15, -0.1) is 0 Å². The second-order valence-corrected chi connectivity index (χ2v) is 18.6. The Morgan fingerprint density at radius 3 is 1.98 bits per heavy atom. The average Bonchev–Trinajstić information content (AvgIpc) is 3.92. The van der Waals surface area contributed by atoms with E-state index in [0.29, 0.717) is 20.8 Å². The number of aromatic nitrogens is 5. The van der Waals surface area contributed by atoms with Crippen LogP contribution in [-0.2, 0) is 37.2 Å². The van der Waals surface area contributed by atoms with Crippen LogP contribution in [0.3, 0.4) is 0 Å². The summed E-state index contributed by atoms with van der Waals surface area (Å²) in [5, 5.41) is 7.22. The zero-order valence-electron chi connectivity index (χ0n) is 36.2. The molecule has 288 valence electrons. The van der Waals surface area contributed by atoms with Gasteiger partial charge in [0, 0.05) is 27.7 Å². The standard InChI is InChI=1S/C51H43N5O.Pt/c1-50(2,3)31-21-22-52-48(25-31)55-45-27-34(57-35-24-32(51(4,5)6)23-33(26-35)54-30-53(7)43-17-10-11-18-44(43)54)19-20-37(45)40-28-41-39-15-12-14-38-36-13-8-9-16-42(36)56(49(38)39)47(41)29-46(40)55;/h8-29H,1-7H3;/i7D3;. The third-order valence-electron chi connectivity index (χ3n) is 11.9. The molecule has 11 aromatic rings. The molecule has 6 nitrogen and oxygen atoms in total. The van der Waals surface area contributed by atoms with Crippen LogP contribution in [0.5, 0.6) is 11.5 Å². The number of hydrogen-bond acceptors (Lipinski definition) is 2. The van der Waals surface area contributed by atoms with E-state index in [1.54, 1.807) is 0 Å². The number of imidazole rings is 1. The van der Waals surface area contributed by atoms with Crippen LogP contribution in [0, 0.1) is 3.80 Å². The van der Waals surface area contributed by atoms with Gasteiger partial charge in [0.05, 0.1) is 16.6 Å². The van der Waals surface area contributed by atoms with Crippen LogP contribution in [0.15, 0.2) is 134 Å². The van der Waals surface area contributed by atoms with E-state index in [0.717, 1.165) is 49.9 Å². The van der Waals surface area contributed by atoms with Crippen molar-refractivity contribution in [3.63, 3.8) is 0 Å². The summed E-state index contributed by atoms with van der Waals surface area (Å²) in [5.41, 5.74) is 9.89. The molecule has 0 unspecified atom stereocenters. The molecule has 0 spiro atoms. The Morgan fingerprint density at radius 2 is 1.21 bits per heavy atom. The number of hydrogen-bond donors (Lipinski definition) is 0. The number of rotatable bonds is 4. The maximum absolute atomic E-state index is 8.40. The van der Waals surface area contributed by atoms with E-state index in [4.69, 9.17) is 13.8 Å². The van der Waals surface area contributed by atoms with Crippen molar-refractivity contribution < 1.29 is 28.2 Å². The Kier molecular flexibility index (Phi) is 6.78. The van der Waals surface area contributed by atoms with Gasteiger partial charge in [0.1, 0.15) is 0 Å². The fourth-order valence-corrected chi connectivity index (χ4v) is 9.78. The number of fused-ring (bicyclic) bond motifs is 10. The first-order chi connectivity index (χ1) is 29.1. The number of para-hydroxylation sites is 4. The van der Waals surface area contributed by atoms with Crippen molar-refractivity contribution in [2.24, 2.45) is 6.98 Å². The van der Waals surface area contributed by atoms with Crippen molar-refractivity contribution in [3.8, 4) is 23.0 Å². The van der Waals surface area contributed by atoms with E-state index >= 15 is 0 Å². The van der Waals surface area contributed by atoms with Gasteiger partial charge in [-0.2, -0.15) is 0 Å². The van der Waals surface area contributed by atoms with Crippen molar-refractivity contribution >= 4 is 70.9 Å². The van der Waals surface area contributed by atoms with Crippen LogP contribution < -0.4 is 4.74 Å². The zero-order valence-corrected chi connectivity index (χ0v) is 35.4. The fraction of sp³-hybridized carbons (Fsp3) is 0.176. The molecule has 58 heavy (non-hydrogen) atoms. The van der Waals surface area contributed by atoms with E-state index in [1.165, 1.54) is 42.7 Å². The molecule has 11 rings (SSSR count). The van der Waals surface area contributed by atoms with E-state index in [1.807, 2.05) is 41.1 Å². The van der Waals surface area contributed by atoms with Gasteiger partial charge in [-0.25, -0.2) is 0 Å². The minimum absolute atomic E-state index is 0.0787. The van der Waals surface area contributed by atoms with Crippen molar-refractivity contribution in [2.75, 3.05) is 0 Å². The summed E-state index contributed by atoms with van der Waals surface area (Å²) in [6.45, 7) is 10.9. The van der Waals surface area contributed by atoms with E-state index in [9.17, 15) is 0 Å². The molecule has 0 saturated carbocycles. The van der Waals surface area contributed by atoms with Gasteiger partial charge >= 0.3 is 224 Å². The first kappa shape index (κ1) is 32.0. The van der Waals surface area contributed by atoms with E-state index < -0.39 is 6.98 Å². The molecule has 0 bridgehead atoms. The molecular weight excluding hydrogens is 894 g/mol. The molecule has 0 amide bonds. The zero-order chi connectivity index (χ0) is 42.3. The van der Waals surface area contributed by atoms with Gasteiger partial charge in [0.15, 0.2) is 0 Å². The van der Waals surface area contributed by atoms with Crippen molar-refractivity contribution in [1.29, 1.82) is 0 Å². The van der Waals surface area contributed by atoms with Crippen LogP contribution in [0.4, 0.5) is 0 Å². The summed E-state index contributed by atoms with van der Waals surface area (Å²) in [6.07, 6.45) is 1.92. The molecule has 0 aliphatic carbocycles. The summed E-state index contributed by atoms with van der Waals surface area (Å²) in [5.74, 6) is 2.18. The summed E-state index contributed by atoms with van der Waals surface area (Å²) in [4.78, 5) is 5.03. The third kappa shape index (κ3) is 5.14. The summed E-state index contributed by atoms with van der Waals surface area (Å²) in [7, 11) is 0. The summed E-state index contributed by atoms with van der Waals surface area (Å²) < 4.78 is 40.8. The average molecular weight is 940 g/mol. The van der Waals surface area contributed by atoms with Crippen LogP contribution in [0.2, 0.25) is 0 Å². The molecule has 7 heteroatoms. The first-order valence-electron chi connectivity index (χ1n) is 21.2. The van der Waals surface area contributed by atoms with Crippen molar-refractivity contribution in [2.45, 2.75) is 52.4 Å². The van der Waals surface area contributed by atoms with Crippen molar-refractivity contribution in [3.05, 3.63) is 149 Å². The van der Waals surface area contributed by atoms with Gasteiger partial charge < -0.3 is 4.40 Å². The van der Waals surface area contributed by atoms with Crippen LogP contribution >= 0.6 is 0 Å². The molecule has 0 saturated heterocycles. The normalized spacial score (nSPS) is 13.8. The van der Waals surface area contributed by atoms with E-state index in [-0.39, 0.29) is 10.8 Å². The second kappa shape index (κ2) is 12.3. The number of pyridine rings is 1. The predicted molar refractivity (Wildman–Crippen MR) is 236 cm³/mol. The molecule has 0 radical (unpaired) electrons. The number of aryl methyl sites for hydroxylation is 1. The van der Waals surface area contributed by atoms with E-state index in [2.05, 4.69) is 167 Å². The quantitative estimate of drug-likeness (QED) is 0.176. The maximum atomic E-state index is 8.40. The molecule has 5 aromatic heterocycles. The van der Waals surface area contributed by atoms with Gasteiger partial charge in [0.2, 0.25) is 0 Å². The Hall–Kier alpha value is -5.97. The fourth-order valence-electron chi connectivity index (χ4n) is 8.94. The molecule has 0 atom stereocenters. The second-order valence-electron chi connectivity index (χ2n) is 17.6. The molecule has 0 fully saturated rings. The summed E-state index contributed by atoms with van der Waals surface area (Å²) in [6, 6.07) is 44.6. The van der Waals surface area contributed by atoms with Crippen LogP contribution in [-0.4, -0.2) is 23.1 Å². The number of benzene rings is 6. The van der Waals surface area contributed by atoms with Crippen LogP contribution in [0.1, 0.15) is 56.8 Å². The van der Waals surface area contributed by atoms with Crippen LogP contribution in [0.25, 0.3) is 82.4 Å². The topological polar surface area (TPSA) is 41.3 Å². The molecule has 5 heterocycles. The Labute approximate surface area is 351 Å². The summed E-state index contributed by atoms with van der Waals surface area (Å²) >= 11 is 2.13. The molecule has 0 aliphatic rings. The van der Waals surface area contributed by atoms with Gasteiger partial charge in [-0.3, -0.25) is 0 Å². The number of ether oxygens (including phenoxy) is 1. The Morgan fingerprint density at radius 1 is 0.534 bits per heavy atom. The van der Waals surface area contributed by atoms with Gasteiger partial charge in [-0.05, 0) is 23.1 Å². The van der Waals surface area contributed by atoms with Crippen molar-refractivity contribution in [1.82, 2.24) is 23.1 Å². The molecule has 0 N–H and O–H groups in total. The Bertz CT molecular complexity index is 3670. The van der Waals surface area contributed by atoms with Gasteiger partial charge in [0.25, 0.3) is 0 Å². The predicted octanol–water partition coefficient (Wildman–Crippen LogP) is 13.1.